The molecule has 2 aliphatic rings. The number of amides is 2. The van der Waals surface area contributed by atoms with Crippen molar-refractivity contribution in [2.45, 2.75) is 46.0 Å². The molecule has 0 saturated carbocycles. The van der Waals surface area contributed by atoms with Gasteiger partial charge in [-0.1, -0.05) is 25.5 Å². The van der Waals surface area contributed by atoms with E-state index >= 15 is 0 Å². The summed E-state index contributed by atoms with van der Waals surface area (Å²) < 4.78 is 11.1. The molecule has 0 aliphatic carbocycles. The van der Waals surface area contributed by atoms with Crippen LogP contribution in [0.5, 0.6) is 5.75 Å². The Morgan fingerprint density at radius 1 is 0.931 bits per heavy atom. The van der Waals surface area contributed by atoms with Gasteiger partial charge in [0.05, 0.1) is 12.2 Å². The zero-order valence-corrected chi connectivity index (χ0v) is 17.6. The second-order valence-corrected chi connectivity index (χ2v) is 7.46. The van der Waals surface area contributed by atoms with E-state index in [-0.39, 0.29) is 11.8 Å². The number of benzene rings is 1. The van der Waals surface area contributed by atoms with Gasteiger partial charge in [-0.2, -0.15) is 0 Å². The third-order valence-electron chi connectivity index (χ3n) is 5.33. The maximum absolute atomic E-state index is 13.2. The second kappa shape index (κ2) is 10.4. The van der Waals surface area contributed by atoms with Crippen molar-refractivity contribution in [1.29, 1.82) is 0 Å². The van der Waals surface area contributed by atoms with Crippen LogP contribution in [0.1, 0.15) is 51.5 Å². The lowest BCUT2D eigenvalue weighted by Crippen LogP contribution is -2.35. The fourth-order valence-electron chi connectivity index (χ4n) is 3.82. The molecule has 0 atom stereocenters. The zero-order valence-electron chi connectivity index (χ0n) is 17.6. The van der Waals surface area contributed by atoms with E-state index in [1.54, 1.807) is 0 Å². The summed E-state index contributed by atoms with van der Waals surface area (Å²) in [4.78, 5) is 29.8. The molecule has 29 heavy (non-hydrogen) atoms. The Labute approximate surface area is 173 Å². The zero-order chi connectivity index (χ0) is 20.6. The topological polar surface area (TPSA) is 59.1 Å². The second-order valence-electron chi connectivity index (χ2n) is 7.46. The molecule has 0 bridgehead atoms. The van der Waals surface area contributed by atoms with Gasteiger partial charge in [-0.25, -0.2) is 0 Å². The van der Waals surface area contributed by atoms with Crippen molar-refractivity contribution in [3.8, 4) is 5.75 Å². The first-order valence-corrected chi connectivity index (χ1v) is 10.8. The maximum atomic E-state index is 13.2. The minimum atomic E-state index is -0.199. The van der Waals surface area contributed by atoms with E-state index in [1.165, 1.54) is 4.90 Å². The molecular formula is C23H32N2O4. The van der Waals surface area contributed by atoms with E-state index in [1.807, 2.05) is 31.2 Å². The molecule has 1 saturated heterocycles. The lowest BCUT2D eigenvalue weighted by Gasteiger charge is -2.20. The van der Waals surface area contributed by atoms with Crippen LogP contribution in [0.2, 0.25) is 0 Å². The van der Waals surface area contributed by atoms with Crippen LogP contribution in [-0.2, 0) is 14.3 Å². The van der Waals surface area contributed by atoms with Crippen LogP contribution in [0.25, 0.3) is 5.57 Å². The van der Waals surface area contributed by atoms with E-state index in [4.69, 9.17) is 9.47 Å². The molecule has 2 aliphatic heterocycles. The molecule has 6 heteroatoms. The summed E-state index contributed by atoms with van der Waals surface area (Å²) in [6.45, 7) is 7.98. The summed E-state index contributed by atoms with van der Waals surface area (Å²) in [6, 6.07) is 7.46. The number of imide groups is 1. The Morgan fingerprint density at radius 3 is 2.28 bits per heavy atom. The van der Waals surface area contributed by atoms with Crippen LogP contribution in [-0.4, -0.2) is 61.1 Å². The first-order chi connectivity index (χ1) is 14.2. The number of nitrogens with zero attached hydrogens (tertiary/aromatic N) is 2. The van der Waals surface area contributed by atoms with Gasteiger partial charge in [0.2, 0.25) is 0 Å². The van der Waals surface area contributed by atoms with E-state index in [2.05, 4.69) is 11.8 Å². The Kier molecular flexibility index (Phi) is 7.69. The highest BCUT2D eigenvalue weighted by atomic mass is 16.5. The molecule has 2 heterocycles. The molecule has 0 unspecified atom stereocenters. The molecule has 0 aromatic heterocycles. The first-order valence-electron chi connectivity index (χ1n) is 10.8. The normalized spacial score (nSPS) is 17.0. The van der Waals surface area contributed by atoms with E-state index in [0.29, 0.717) is 37.4 Å². The number of hydrogen-bond donors (Lipinski definition) is 0. The van der Waals surface area contributed by atoms with Gasteiger partial charge < -0.3 is 14.4 Å². The summed E-state index contributed by atoms with van der Waals surface area (Å²) in [5.74, 6) is 0.390. The van der Waals surface area contributed by atoms with Crippen LogP contribution in [0, 0.1) is 0 Å². The highest BCUT2D eigenvalue weighted by molar-refractivity contribution is 6.35. The SMILES string of the molecule is CCCCOCCCN1C(=O)C(c2ccc(OCC)cc2)=C(N2CCCC2)C1=O. The van der Waals surface area contributed by atoms with Crippen LogP contribution >= 0.6 is 0 Å². The first kappa shape index (κ1) is 21.4. The standard InChI is InChI=1S/C23H32N2O4/c1-3-5-16-28-17-8-15-25-22(26)20(18-9-11-19(12-10-18)29-4-2)21(23(25)27)24-13-6-7-14-24/h9-12H,3-8,13-17H2,1-2H3. The lowest BCUT2D eigenvalue weighted by molar-refractivity contribution is -0.137. The third kappa shape index (κ3) is 4.99. The molecule has 6 nitrogen and oxygen atoms in total. The van der Waals surface area contributed by atoms with Gasteiger partial charge in [-0.15, -0.1) is 0 Å². The minimum absolute atomic E-state index is 0.172. The van der Waals surface area contributed by atoms with Crippen LogP contribution in [0.4, 0.5) is 0 Å². The van der Waals surface area contributed by atoms with E-state index < -0.39 is 0 Å². The van der Waals surface area contributed by atoms with Crippen LogP contribution < -0.4 is 4.74 Å². The summed E-state index contributed by atoms with van der Waals surface area (Å²) in [5, 5.41) is 0. The smallest absolute Gasteiger partial charge is 0.277 e. The molecule has 2 amide bonds. The molecule has 1 fully saturated rings. The van der Waals surface area contributed by atoms with Gasteiger partial charge in [0.15, 0.2) is 0 Å². The molecule has 158 valence electrons. The van der Waals surface area contributed by atoms with Gasteiger partial charge in [0, 0.05) is 32.8 Å². The fourth-order valence-corrected chi connectivity index (χ4v) is 3.82. The predicted molar refractivity (Wildman–Crippen MR) is 112 cm³/mol. The van der Waals surface area contributed by atoms with Crippen LogP contribution in [0.3, 0.4) is 0 Å². The van der Waals surface area contributed by atoms with Gasteiger partial charge in [-0.05, 0) is 50.3 Å². The van der Waals surface area contributed by atoms with Crippen molar-refractivity contribution in [2.75, 3.05) is 39.5 Å². The number of likely N-dealkylation sites (tertiary alicyclic amines) is 1. The number of rotatable bonds is 11. The van der Waals surface area contributed by atoms with Crippen molar-refractivity contribution in [1.82, 2.24) is 9.80 Å². The molecular weight excluding hydrogens is 368 g/mol. The maximum Gasteiger partial charge on any atom is 0.277 e. The number of hydrogen-bond acceptors (Lipinski definition) is 5. The monoisotopic (exact) mass is 400 g/mol. The number of unbranched alkanes of at least 4 members (excludes halogenated alkanes) is 1. The third-order valence-corrected chi connectivity index (χ3v) is 5.33. The van der Waals surface area contributed by atoms with Crippen molar-refractivity contribution in [3.05, 3.63) is 35.5 Å². The van der Waals surface area contributed by atoms with Crippen molar-refractivity contribution >= 4 is 17.4 Å². The summed E-state index contributed by atoms with van der Waals surface area (Å²) >= 11 is 0. The Bertz CT molecular complexity index is 736. The minimum Gasteiger partial charge on any atom is -0.494 e. The van der Waals surface area contributed by atoms with Gasteiger partial charge >= 0.3 is 0 Å². The highest BCUT2D eigenvalue weighted by Crippen LogP contribution is 2.34. The average Bonchev–Trinajstić information content (AvgIpc) is 3.33. The highest BCUT2D eigenvalue weighted by Gasteiger charge is 2.41. The number of ether oxygens (including phenoxy) is 2. The average molecular weight is 401 g/mol. The largest absolute Gasteiger partial charge is 0.494 e. The van der Waals surface area contributed by atoms with E-state index in [9.17, 15) is 9.59 Å². The van der Waals surface area contributed by atoms with Crippen molar-refractivity contribution in [3.63, 3.8) is 0 Å². The summed E-state index contributed by atoms with van der Waals surface area (Å²) in [6.07, 6.45) is 4.88. The Morgan fingerprint density at radius 2 is 1.62 bits per heavy atom. The molecule has 0 spiro atoms. The number of carbonyl (C=O) groups is 2. The predicted octanol–water partition coefficient (Wildman–Crippen LogP) is 3.47. The van der Waals surface area contributed by atoms with Crippen molar-refractivity contribution in [2.24, 2.45) is 0 Å². The van der Waals surface area contributed by atoms with E-state index in [0.717, 1.165) is 56.7 Å². The quantitative estimate of drug-likeness (QED) is 0.420. The lowest BCUT2D eigenvalue weighted by atomic mass is 10.0. The fraction of sp³-hybridized carbons (Fsp3) is 0.565. The molecule has 3 rings (SSSR count). The summed E-state index contributed by atoms with van der Waals surface area (Å²) in [7, 11) is 0. The Balaban J connectivity index is 1.76. The van der Waals surface area contributed by atoms with Crippen molar-refractivity contribution < 1.29 is 19.1 Å². The molecule has 0 radical (unpaired) electrons. The summed E-state index contributed by atoms with van der Waals surface area (Å²) in [5.41, 5.74) is 1.85. The van der Waals surface area contributed by atoms with Crippen LogP contribution in [0.15, 0.2) is 30.0 Å². The van der Waals surface area contributed by atoms with Gasteiger partial charge in [0.25, 0.3) is 11.8 Å². The molecule has 0 N–H and O–H groups in total. The van der Waals surface area contributed by atoms with Gasteiger partial charge in [-0.3, -0.25) is 14.5 Å². The Hall–Kier alpha value is -2.34. The molecule has 1 aromatic carbocycles. The van der Waals surface area contributed by atoms with Gasteiger partial charge in [0.1, 0.15) is 11.4 Å². The number of carbonyl (C=O) groups excluding carboxylic acids is 2. The molecule has 1 aromatic rings.